The summed E-state index contributed by atoms with van der Waals surface area (Å²) in [5.41, 5.74) is 3.27. The van der Waals surface area contributed by atoms with Crippen LogP contribution in [0.1, 0.15) is 12.8 Å². The maximum atomic E-state index is 14.3. The highest BCUT2D eigenvalue weighted by Crippen LogP contribution is 2.49. The highest BCUT2D eigenvalue weighted by molar-refractivity contribution is 6.16. The molecule has 0 aromatic heterocycles. The van der Waals surface area contributed by atoms with E-state index in [2.05, 4.69) is 0 Å². The summed E-state index contributed by atoms with van der Waals surface area (Å²) < 4.78 is 28.5. The summed E-state index contributed by atoms with van der Waals surface area (Å²) in [6.07, 6.45) is 0.430. The average molecular weight is 332 g/mol. The van der Waals surface area contributed by atoms with Crippen LogP contribution in [0.5, 0.6) is 5.75 Å². The van der Waals surface area contributed by atoms with Gasteiger partial charge in [-0.3, -0.25) is 14.5 Å². The summed E-state index contributed by atoms with van der Waals surface area (Å²) in [4.78, 5) is 25.3. The number of nitrogens with zero attached hydrogens (tertiary/aromatic N) is 1. The number of phenols is 1. The number of carbonyl (C=O) groups is 2. The minimum absolute atomic E-state index is 0.215. The van der Waals surface area contributed by atoms with Gasteiger partial charge in [-0.1, -0.05) is 12.1 Å². The number of rotatable bonds is 4. The minimum Gasteiger partial charge on any atom is -0.508 e. The predicted molar refractivity (Wildman–Crippen MR) is 82.5 cm³/mol. The molecule has 0 unspecified atom stereocenters. The number of para-hydroxylation sites is 1. The lowest BCUT2D eigenvalue weighted by atomic mass is 10.0. The second kappa shape index (κ2) is 5.59. The number of anilines is 2. The second-order valence-electron chi connectivity index (χ2n) is 5.67. The van der Waals surface area contributed by atoms with Gasteiger partial charge in [0.1, 0.15) is 22.8 Å². The molecule has 1 aliphatic rings. The fourth-order valence-corrected chi connectivity index (χ4v) is 2.56. The molecule has 1 saturated carbocycles. The lowest BCUT2D eigenvalue weighted by Gasteiger charge is -2.27. The van der Waals surface area contributed by atoms with E-state index < -0.39 is 28.9 Å². The molecule has 7 heteroatoms. The third-order valence-corrected chi connectivity index (χ3v) is 4.10. The molecule has 0 aliphatic heterocycles. The van der Waals surface area contributed by atoms with Crippen LogP contribution in [0, 0.1) is 17.0 Å². The van der Waals surface area contributed by atoms with Gasteiger partial charge < -0.3 is 10.8 Å². The Morgan fingerprint density at radius 3 is 2.25 bits per heavy atom. The van der Waals surface area contributed by atoms with Gasteiger partial charge in [0.05, 0.1) is 11.4 Å². The molecule has 3 rings (SSSR count). The number of primary amides is 1. The molecule has 0 heterocycles. The van der Waals surface area contributed by atoms with E-state index in [9.17, 15) is 23.5 Å². The summed E-state index contributed by atoms with van der Waals surface area (Å²) in [6, 6.07) is 8.34. The quantitative estimate of drug-likeness (QED) is 0.844. The minimum atomic E-state index is -1.47. The zero-order valence-electron chi connectivity index (χ0n) is 12.5. The van der Waals surface area contributed by atoms with Gasteiger partial charge in [0.15, 0.2) is 0 Å². The molecular formula is C17H14F2N2O3. The van der Waals surface area contributed by atoms with Gasteiger partial charge in [-0.05, 0) is 37.1 Å². The van der Waals surface area contributed by atoms with Crippen molar-refractivity contribution in [2.75, 3.05) is 4.90 Å². The Balaban J connectivity index is 2.19. The molecule has 0 spiro atoms. The first-order valence-corrected chi connectivity index (χ1v) is 7.24. The SMILES string of the molecule is NC(=O)C1(C(=O)N(c2ccccc2F)c2cc(O)ccc2F)CC1. The second-order valence-corrected chi connectivity index (χ2v) is 5.67. The summed E-state index contributed by atoms with van der Waals surface area (Å²) in [6.45, 7) is 0. The summed E-state index contributed by atoms with van der Waals surface area (Å²) in [5, 5.41) is 9.62. The largest absolute Gasteiger partial charge is 0.508 e. The molecule has 24 heavy (non-hydrogen) atoms. The monoisotopic (exact) mass is 332 g/mol. The third kappa shape index (κ3) is 2.47. The smallest absolute Gasteiger partial charge is 0.247 e. The molecule has 2 aromatic rings. The van der Waals surface area contributed by atoms with E-state index >= 15 is 0 Å². The van der Waals surface area contributed by atoms with Gasteiger partial charge in [-0.25, -0.2) is 8.78 Å². The number of nitrogens with two attached hydrogens (primary N) is 1. The molecule has 3 N–H and O–H groups in total. The summed E-state index contributed by atoms with van der Waals surface area (Å²) >= 11 is 0. The van der Waals surface area contributed by atoms with Crippen LogP contribution in [0.2, 0.25) is 0 Å². The molecule has 5 nitrogen and oxygen atoms in total. The number of benzene rings is 2. The normalized spacial score (nSPS) is 14.9. The molecule has 2 amide bonds. The third-order valence-electron chi connectivity index (χ3n) is 4.10. The fraction of sp³-hybridized carbons (Fsp3) is 0.176. The van der Waals surface area contributed by atoms with E-state index in [1.807, 2.05) is 0 Å². The number of aromatic hydroxyl groups is 1. The van der Waals surface area contributed by atoms with Crippen LogP contribution in [0.3, 0.4) is 0 Å². The van der Waals surface area contributed by atoms with Crippen molar-refractivity contribution in [1.29, 1.82) is 0 Å². The van der Waals surface area contributed by atoms with Gasteiger partial charge in [0.25, 0.3) is 0 Å². The lowest BCUT2D eigenvalue weighted by Crippen LogP contribution is -2.42. The van der Waals surface area contributed by atoms with Crippen molar-refractivity contribution in [3.8, 4) is 5.75 Å². The van der Waals surface area contributed by atoms with Crippen LogP contribution in [0.15, 0.2) is 42.5 Å². The first kappa shape index (κ1) is 15.9. The lowest BCUT2D eigenvalue weighted by molar-refractivity contribution is -0.133. The molecule has 0 radical (unpaired) electrons. The van der Waals surface area contributed by atoms with E-state index in [0.717, 1.165) is 29.2 Å². The van der Waals surface area contributed by atoms with Crippen molar-refractivity contribution in [2.45, 2.75) is 12.8 Å². The average Bonchev–Trinajstić information content (AvgIpc) is 3.34. The highest BCUT2D eigenvalue weighted by atomic mass is 19.1. The van der Waals surface area contributed by atoms with Crippen LogP contribution in [0.25, 0.3) is 0 Å². The fourth-order valence-electron chi connectivity index (χ4n) is 2.56. The first-order chi connectivity index (χ1) is 11.4. The molecular weight excluding hydrogens is 318 g/mol. The Hall–Kier alpha value is -2.96. The van der Waals surface area contributed by atoms with Crippen LogP contribution in [-0.4, -0.2) is 16.9 Å². The molecule has 1 fully saturated rings. The van der Waals surface area contributed by atoms with Crippen LogP contribution in [0.4, 0.5) is 20.2 Å². The standard InChI is InChI=1S/C17H14F2N2O3/c18-11-3-1-2-4-13(11)21(14-9-10(22)5-6-12(14)19)16(24)17(7-8-17)15(20)23/h1-6,9,22H,7-8H2,(H2,20,23). The predicted octanol–water partition coefficient (Wildman–Crippen LogP) is 2.60. The topological polar surface area (TPSA) is 83.6 Å². The van der Waals surface area contributed by atoms with Crippen molar-refractivity contribution in [3.05, 3.63) is 54.1 Å². The van der Waals surface area contributed by atoms with Crippen LogP contribution in [-0.2, 0) is 9.59 Å². The van der Waals surface area contributed by atoms with E-state index in [-0.39, 0.29) is 30.0 Å². The zero-order chi connectivity index (χ0) is 17.5. The Morgan fingerprint density at radius 1 is 1.04 bits per heavy atom. The number of amides is 2. The Bertz CT molecular complexity index is 834. The van der Waals surface area contributed by atoms with Gasteiger partial charge in [-0.15, -0.1) is 0 Å². The van der Waals surface area contributed by atoms with Gasteiger partial charge in [0.2, 0.25) is 11.8 Å². The van der Waals surface area contributed by atoms with E-state index in [1.165, 1.54) is 18.2 Å². The first-order valence-electron chi connectivity index (χ1n) is 7.24. The van der Waals surface area contributed by atoms with E-state index in [0.29, 0.717) is 0 Å². The maximum Gasteiger partial charge on any atom is 0.247 e. The highest BCUT2D eigenvalue weighted by Gasteiger charge is 2.58. The van der Waals surface area contributed by atoms with Gasteiger partial charge in [-0.2, -0.15) is 0 Å². The van der Waals surface area contributed by atoms with Crippen molar-refractivity contribution in [1.82, 2.24) is 0 Å². The Labute approximate surface area is 136 Å². The van der Waals surface area contributed by atoms with Crippen LogP contribution < -0.4 is 10.6 Å². The van der Waals surface area contributed by atoms with E-state index in [4.69, 9.17) is 5.73 Å². The molecule has 124 valence electrons. The van der Waals surface area contributed by atoms with Crippen LogP contribution >= 0.6 is 0 Å². The molecule has 0 saturated heterocycles. The maximum absolute atomic E-state index is 14.3. The summed E-state index contributed by atoms with van der Waals surface area (Å²) in [5.74, 6) is -3.57. The van der Waals surface area contributed by atoms with Gasteiger partial charge >= 0.3 is 0 Å². The Morgan fingerprint density at radius 2 is 1.67 bits per heavy atom. The van der Waals surface area contributed by atoms with Crippen molar-refractivity contribution in [3.63, 3.8) is 0 Å². The zero-order valence-corrected chi connectivity index (χ0v) is 12.5. The van der Waals surface area contributed by atoms with Gasteiger partial charge in [0, 0.05) is 6.07 Å². The number of phenolic OH excluding ortho intramolecular Hbond substituents is 1. The van der Waals surface area contributed by atoms with E-state index in [1.54, 1.807) is 0 Å². The van der Waals surface area contributed by atoms with Crippen molar-refractivity contribution in [2.24, 2.45) is 11.1 Å². The Kier molecular flexibility index (Phi) is 3.71. The molecule has 2 aromatic carbocycles. The van der Waals surface area contributed by atoms with Crippen molar-refractivity contribution < 1.29 is 23.5 Å². The molecule has 1 aliphatic carbocycles. The number of hydrogen-bond acceptors (Lipinski definition) is 3. The number of halogens is 2. The summed E-state index contributed by atoms with van der Waals surface area (Å²) in [7, 11) is 0. The molecule has 0 bridgehead atoms. The number of hydrogen-bond donors (Lipinski definition) is 2. The van der Waals surface area contributed by atoms with Crippen molar-refractivity contribution >= 4 is 23.2 Å². The molecule has 0 atom stereocenters. The number of carbonyl (C=O) groups excluding carboxylic acids is 2.